The lowest BCUT2D eigenvalue weighted by molar-refractivity contribution is 0.173. The van der Waals surface area contributed by atoms with Gasteiger partial charge in [-0.05, 0) is 17.7 Å². The molecule has 1 aromatic carbocycles. The third kappa shape index (κ3) is 4.52. The highest BCUT2D eigenvalue weighted by molar-refractivity contribution is 7.16. The third-order valence-electron chi connectivity index (χ3n) is 2.69. The van der Waals surface area contributed by atoms with Gasteiger partial charge in [0.05, 0.1) is 17.0 Å². The molecule has 6 heteroatoms. The quantitative estimate of drug-likeness (QED) is 0.795. The molecule has 2 aromatic rings. The Morgan fingerprint density at radius 3 is 2.60 bits per heavy atom. The molecule has 2 rings (SSSR count). The van der Waals surface area contributed by atoms with E-state index in [1.54, 1.807) is 6.07 Å². The van der Waals surface area contributed by atoms with E-state index in [2.05, 4.69) is 10.6 Å². The van der Waals surface area contributed by atoms with Crippen LogP contribution in [0.4, 0.5) is 4.79 Å². The van der Waals surface area contributed by atoms with Crippen molar-refractivity contribution in [3.05, 3.63) is 57.2 Å². The number of thiophene rings is 1. The van der Waals surface area contributed by atoms with Crippen molar-refractivity contribution in [1.29, 1.82) is 0 Å². The van der Waals surface area contributed by atoms with E-state index >= 15 is 0 Å². The van der Waals surface area contributed by atoms with Gasteiger partial charge in [0.1, 0.15) is 0 Å². The summed E-state index contributed by atoms with van der Waals surface area (Å²) in [6, 6.07) is 12.5. The summed E-state index contributed by atoms with van der Waals surface area (Å²) >= 11 is 7.23. The summed E-state index contributed by atoms with van der Waals surface area (Å²) in [5, 5.41) is 15.2. The lowest BCUT2D eigenvalue weighted by Gasteiger charge is -2.12. The first-order valence-corrected chi connectivity index (χ1v) is 7.33. The molecule has 20 heavy (non-hydrogen) atoms. The van der Waals surface area contributed by atoms with Gasteiger partial charge < -0.3 is 15.7 Å². The molecule has 0 unspecified atom stereocenters. The fourth-order valence-corrected chi connectivity index (χ4v) is 2.69. The number of benzene rings is 1. The maximum Gasteiger partial charge on any atom is 0.315 e. The van der Waals surface area contributed by atoms with Gasteiger partial charge in [-0.25, -0.2) is 4.79 Å². The van der Waals surface area contributed by atoms with E-state index in [0.29, 0.717) is 10.9 Å². The van der Waals surface area contributed by atoms with Gasteiger partial charge in [-0.15, -0.1) is 11.3 Å². The van der Waals surface area contributed by atoms with E-state index in [1.807, 2.05) is 36.4 Å². The number of halogens is 1. The summed E-state index contributed by atoms with van der Waals surface area (Å²) in [4.78, 5) is 12.6. The normalized spacial score (nSPS) is 11.9. The lowest BCUT2D eigenvalue weighted by atomic mass is 10.1. The molecule has 1 aromatic heterocycles. The summed E-state index contributed by atoms with van der Waals surface area (Å²) in [5.74, 6) is 0. The molecule has 0 saturated carbocycles. The van der Waals surface area contributed by atoms with Crippen molar-refractivity contribution in [2.75, 3.05) is 6.54 Å². The zero-order chi connectivity index (χ0) is 14.4. The summed E-state index contributed by atoms with van der Waals surface area (Å²) < 4.78 is 0.696. The predicted molar refractivity (Wildman–Crippen MR) is 81.0 cm³/mol. The molecule has 0 aliphatic heterocycles. The second kappa shape index (κ2) is 7.28. The molecule has 1 heterocycles. The topological polar surface area (TPSA) is 61.4 Å². The summed E-state index contributed by atoms with van der Waals surface area (Å²) in [5.41, 5.74) is 0.776. The molecule has 3 N–H and O–H groups in total. The average molecular weight is 311 g/mol. The summed E-state index contributed by atoms with van der Waals surface area (Å²) in [6.45, 7) is 0.589. The van der Waals surface area contributed by atoms with E-state index in [-0.39, 0.29) is 12.6 Å². The van der Waals surface area contributed by atoms with Gasteiger partial charge in [-0.3, -0.25) is 0 Å². The number of hydrogen-bond donors (Lipinski definition) is 3. The maximum atomic E-state index is 11.6. The Morgan fingerprint density at radius 1 is 1.20 bits per heavy atom. The first-order chi connectivity index (χ1) is 9.65. The van der Waals surface area contributed by atoms with Gasteiger partial charge in [-0.2, -0.15) is 0 Å². The molecule has 1 atom stereocenters. The Labute approximate surface area is 126 Å². The number of aliphatic hydroxyl groups is 1. The van der Waals surface area contributed by atoms with Gasteiger partial charge in [0, 0.05) is 11.4 Å². The highest BCUT2D eigenvalue weighted by atomic mass is 35.5. The van der Waals surface area contributed by atoms with Crippen LogP contribution in [0.2, 0.25) is 4.34 Å². The Morgan fingerprint density at radius 2 is 1.95 bits per heavy atom. The number of amides is 2. The van der Waals surface area contributed by atoms with Crippen molar-refractivity contribution in [3.63, 3.8) is 0 Å². The summed E-state index contributed by atoms with van der Waals surface area (Å²) in [6.07, 6.45) is -0.710. The van der Waals surface area contributed by atoms with Gasteiger partial charge in [0.2, 0.25) is 0 Å². The highest BCUT2D eigenvalue weighted by Gasteiger charge is 2.08. The minimum Gasteiger partial charge on any atom is -0.387 e. The highest BCUT2D eigenvalue weighted by Crippen LogP contribution is 2.20. The molecule has 2 amide bonds. The van der Waals surface area contributed by atoms with Crippen LogP contribution in [0.1, 0.15) is 16.5 Å². The van der Waals surface area contributed by atoms with Crippen molar-refractivity contribution in [1.82, 2.24) is 10.6 Å². The Balaban J connectivity index is 1.72. The van der Waals surface area contributed by atoms with E-state index in [0.717, 1.165) is 10.4 Å². The van der Waals surface area contributed by atoms with Crippen molar-refractivity contribution >= 4 is 29.0 Å². The molecule has 0 radical (unpaired) electrons. The zero-order valence-electron chi connectivity index (χ0n) is 10.7. The minimum absolute atomic E-state index is 0.168. The average Bonchev–Trinajstić information content (AvgIpc) is 2.89. The second-order valence-corrected chi connectivity index (χ2v) is 6.00. The monoisotopic (exact) mass is 310 g/mol. The van der Waals surface area contributed by atoms with Crippen LogP contribution in [-0.2, 0) is 6.54 Å². The van der Waals surface area contributed by atoms with Crippen LogP contribution in [0.3, 0.4) is 0 Å². The van der Waals surface area contributed by atoms with Crippen LogP contribution < -0.4 is 10.6 Å². The Hall–Kier alpha value is -1.56. The van der Waals surface area contributed by atoms with Crippen molar-refractivity contribution in [3.8, 4) is 0 Å². The number of hydrogen-bond acceptors (Lipinski definition) is 3. The first-order valence-electron chi connectivity index (χ1n) is 6.14. The maximum absolute atomic E-state index is 11.6. The smallest absolute Gasteiger partial charge is 0.315 e. The lowest BCUT2D eigenvalue weighted by Crippen LogP contribution is -2.37. The first kappa shape index (κ1) is 14.8. The molecule has 0 aliphatic rings. The molecule has 0 fully saturated rings. The number of aliphatic hydroxyl groups excluding tert-OH is 1. The van der Waals surface area contributed by atoms with Gasteiger partial charge in [0.15, 0.2) is 0 Å². The fourth-order valence-electron chi connectivity index (χ4n) is 1.66. The number of carbonyl (C=O) groups excluding carboxylic acids is 1. The van der Waals surface area contributed by atoms with Gasteiger partial charge in [-0.1, -0.05) is 41.9 Å². The van der Waals surface area contributed by atoms with Crippen LogP contribution in [0.15, 0.2) is 42.5 Å². The van der Waals surface area contributed by atoms with E-state index in [9.17, 15) is 9.90 Å². The van der Waals surface area contributed by atoms with Crippen molar-refractivity contribution in [2.45, 2.75) is 12.6 Å². The number of carbonyl (C=O) groups is 1. The van der Waals surface area contributed by atoms with Crippen molar-refractivity contribution < 1.29 is 9.90 Å². The molecule has 0 spiro atoms. The number of rotatable bonds is 5. The second-order valence-electron chi connectivity index (χ2n) is 4.20. The Bertz CT molecular complexity index is 559. The van der Waals surface area contributed by atoms with Gasteiger partial charge in [0.25, 0.3) is 0 Å². The van der Waals surface area contributed by atoms with Crippen LogP contribution in [-0.4, -0.2) is 17.7 Å². The molecule has 106 valence electrons. The van der Waals surface area contributed by atoms with Crippen molar-refractivity contribution in [2.24, 2.45) is 0 Å². The van der Waals surface area contributed by atoms with E-state index < -0.39 is 6.10 Å². The molecular weight excluding hydrogens is 296 g/mol. The standard InChI is InChI=1S/C14H15ClN2O2S/c15-13-7-6-11(20-13)8-16-14(19)17-9-12(18)10-4-2-1-3-5-10/h1-7,12,18H,8-9H2,(H2,16,17,19)/t12-/m0/s1. The zero-order valence-corrected chi connectivity index (χ0v) is 12.2. The SMILES string of the molecule is O=C(NCc1ccc(Cl)s1)NC[C@H](O)c1ccccc1. The molecule has 0 saturated heterocycles. The summed E-state index contributed by atoms with van der Waals surface area (Å²) in [7, 11) is 0. The van der Waals surface area contributed by atoms with E-state index in [4.69, 9.17) is 11.6 Å². The van der Waals surface area contributed by atoms with E-state index in [1.165, 1.54) is 11.3 Å². The Kier molecular flexibility index (Phi) is 5.40. The number of nitrogens with one attached hydrogen (secondary N) is 2. The van der Waals surface area contributed by atoms with Crippen LogP contribution in [0, 0.1) is 0 Å². The third-order valence-corrected chi connectivity index (χ3v) is 3.92. The predicted octanol–water partition coefficient (Wildman–Crippen LogP) is 2.93. The van der Waals surface area contributed by atoms with Crippen LogP contribution in [0.25, 0.3) is 0 Å². The largest absolute Gasteiger partial charge is 0.387 e. The molecule has 0 aliphatic carbocycles. The molecular formula is C14H15ClN2O2S. The van der Waals surface area contributed by atoms with Crippen LogP contribution in [0.5, 0.6) is 0 Å². The fraction of sp³-hybridized carbons (Fsp3) is 0.214. The number of urea groups is 1. The molecule has 4 nitrogen and oxygen atoms in total. The minimum atomic E-state index is -0.710. The van der Waals surface area contributed by atoms with Gasteiger partial charge >= 0.3 is 6.03 Å². The van der Waals surface area contributed by atoms with Crippen LogP contribution >= 0.6 is 22.9 Å². The molecule has 0 bridgehead atoms.